The molecule has 0 saturated carbocycles. The first-order valence-electron chi connectivity index (χ1n) is 6.73. The summed E-state index contributed by atoms with van der Waals surface area (Å²) in [5.74, 6) is 0.853. The Balaban J connectivity index is 1.97. The van der Waals surface area contributed by atoms with Crippen molar-refractivity contribution in [3.63, 3.8) is 0 Å². The standard InChI is InChI=1S/C16H13N3O4/c1-22-14-6-5-12-13(7-8-17-15(12)18-14)23-11-4-2-3-10(9-11)16(20)19-21/h2-9,21H,1H3,(H,19,20). The number of methoxy groups -OCH3 is 1. The summed E-state index contributed by atoms with van der Waals surface area (Å²) in [6.07, 6.45) is 1.58. The van der Waals surface area contributed by atoms with Crippen molar-refractivity contribution < 1.29 is 19.5 Å². The molecule has 0 aliphatic heterocycles. The summed E-state index contributed by atoms with van der Waals surface area (Å²) in [6, 6.07) is 11.7. The molecular weight excluding hydrogens is 298 g/mol. The summed E-state index contributed by atoms with van der Waals surface area (Å²) in [7, 11) is 1.53. The number of benzene rings is 1. The Morgan fingerprint density at radius 3 is 2.87 bits per heavy atom. The first-order valence-corrected chi connectivity index (χ1v) is 6.73. The first-order chi connectivity index (χ1) is 11.2. The summed E-state index contributed by atoms with van der Waals surface area (Å²) in [5, 5.41) is 9.40. The average molecular weight is 311 g/mol. The van der Waals surface area contributed by atoms with Crippen LogP contribution >= 0.6 is 0 Å². The van der Waals surface area contributed by atoms with Crippen molar-refractivity contribution in [2.45, 2.75) is 0 Å². The average Bonchev–Trinajstić information content (AvgIpc) is 2.61. The van der Waals surface area contributed by atoms with Gasteiger partial charge in [-0.1, -0.05) is 6.07 Å². The number of rotatable bonds is 4. The number of ether oxygens (including phenoxy) is 2. The quantitative estimate of drug-likeness (QED) is 0.568. The van der Waals surface area contributed by atoms with Gasteiger partial charge in [0.05, 0.1) is 12.5 Å². The van der Waals surface area contributed by atoms with Crippen molar-refractivity contribution in [3.05, 3.63) is 54.2 Å². The Morgan fingerprint density at radius 1 is 1.22 bits per heavy atom. The summed E-state index contributed by atoms with van der Waals surface area (Å²) < 4.78 is 10.9. The molecule has 23 heavy (non-hydrogen) atoms. The molecule has 0 fully saturated rings. The molecule has 0 unspecified atom stereocenters. The van der Waals surface area contributed by atoms with E-state index in [1.807, 2.05) is 0 Å². The second kappa shape index (κ2) is 6.29. The normalized spacial score (nSPS) is 10.3. The van der Waals surface area contributed by atoms with Gasteiger partial charge in [-0.3, -0.25) is 10.0 Å². The van der Waals surface area contributed by atoms with Gasteiger partial charge in [-0.25, -0.2) is 10.5 Å². The molecule has 3 aromatic rings. The van der Waals surface area contributed by atoms with Crippen molar-refractivity contribution in [2.75, 3.05) is 7.11 Å². The zero-order valence-corrected chi connectivity index (χ0v) is 12.2. The van der Waals surface area contributed by atoms with Crippen molar-refractivity contribution in [2.24, 2.45) is 0 Å². The maximum Gasteiger partial charge on any atom is 0.274 e. The molecule has 2 heterocycles. The van der Waals surface area contributed by atoms with Gasteiger partial charge in [0.25, 0.3) is 5.91 Å². The SMILES string of the molecule is COc1ccc2c(Oc3cccc(C(=O)NO)c3)ccnc2n1. The Labute approximate surface area is 131 Å². The molecule has 7 heteroatoms. The van der Waals surface area contributed by atoms with Crippen LogP contribution in [0, 0.1) is 0 Å². The summed E-state index contributed by atoms with van der Waals surface area (Å²) in [5.41, 5.74) is 2.36. The third kappa shape index (κ3) is 3.04. The Bertz CT molecular complexity index is 867. The topological polar surface area (TPSA) is 93.6 Å². The van der Waals surface area contributed by atoms with Crippen LogP contribution < -0.4 is 15.0 Å². The Hall–Kier alpha value is -3.19. The molecule has 3 rings (SSSR count). The van der Waals surface area contributed by atoms with E-state index in [1.165, 1.54) is 13.2 Å². The van der Waals surface area contributed by atoms with Gasteiger partial charge in [0, 0.05) is 17.8 Å². The van der Waals surface area contributed by atoms with Crippen molar-refractivity contribution >= 4 is 16.9 Å². The minimum absolute atomic E-state index is 0.281. The minimum Gasteiger partial charge on any atom is -0.481 e. The van der Waals surface area contributed by atoms with Gasteiger partial charge in [-0.15, -0.1) is 0 Å². The predicted octanol–water partition coefficient (Wildman–Crippen LogP) is 2.55. The van der Waals surface area contributed by atoms with Gasteiger partial charge >= 0.3 is 0 Å². The molecule has 116 valence electrons. The number of aromatic nitrogens is 2. The first kappa shape index (κ1) is 14.7. The van der Waals surface area contributed by atoms with Crippen molar-refractivity contribution in [3.8, 4) is 17.4 Å². The van der Waals surface area contributed by atoms with Crippen molar-refractivity contribution in [1.82, 2.24) is 15.4 Å². The summed E-state index contributed by atoms with van der Waals surface area (Å²) >= 11 is 0. The van der Waals surface area contributed by atoms with Crippen LogP contribution in [0.4, 0.5) is 0 Å². The lowest BCUT2D eigenvalue weighted by atomic mass is 10.2. The van der Waals surface area contributed by atoms with Crippen LogP contribution in [-0.4, -0.2) is 28.2 Å². The van der Waals surface area contributed by atoms with Gasteiger partial charge in [0.1, 0.15) is 11.5 Å². The fourth-order valence-electron chi connectivity index (χ4n) is 2.08. The van der Waals surface area contributed by atoms with Crippen LogP contribution in [0.25, 0.3) is 11.0 Å². The number of nitrogens with one attached hydrogen (secondary N) is 1. The summed E-state index contributed by atoms with van der Waals surface area (Å²) in [6.45, 7) is 0. The number of hydrogen-bond acceptors (Lipinski definition) is 6. The van der Waals surface area contributed by atoms with E-state index in [1.54, 1.807) is 48.1 Å². The molecule has 0 atom stereocenters. The van der Waals surface area contributed by atoms with E-state index in [-0.39, 0.29) is 5.56 Å². The number of amides is 1. The van der Waals surface area contributed by atoms with Crippen LogP contribution in [0.5, 0.6) is 17.4 Å². The maximum absolute atomic E-state index is 11.5. The number of pyridine rings is 2. The number of hydroxylamine groups is 1. The smallest absolute Gasteiger partial charge is 0.274 e. The van der Waals surface area contributed by atoms with Crippen LogP contribution in [-0.2, 0) is 0 Å². The molecule has 0 bridgehead atoms. The number of carbonyl (C=O) groups excluding carboxylic acids is 1. The second-order valence-electron chi connectivity index (χ2n) is 4.60. The monoisotopic (exact) mass is 311 g/mol. The fourth-order valence-corrected chi connectivity index (χ4v) is 2.08. The molecule has 1 aromatic carbocycles. The molecule has 1 amide bonds. The largest absolute Gasteiger partial charge is 0.481 e. The second-order valence-corrected chi connectivity index (χ2v) is 4.60. The van der Waals surface area contributed by atoms with Crippen LogP contribution in [0.3, 0.4) is 0 Å². The highest BCUT2D eigenvalue weighted by Crippen LogP contribution is 2.29. The summed E-state index contributed by atoms with van der Waals surface area (Å²) in [4.78, 5) is 19.9. The van der Waals surface area contributed by atoms with E-state index in [0.29, 0.717) is 28.4 Å². The highest BCUT2D eigenvalue weighted by molar-refractivity contribution is 5.93. The number of nitrogens with zero attached hydrogens (tertiary/aromatic N) is 2. The van der Waals surface area contributed by atoms with E-state index in [4.69, 9.17) is 14.7 Å². The van der Waals surface area contributed by atoms with Crippen LogP contribution in [0.2, 0.25) is 0 Å². The van der Waals surface area contributed by atoms with Gasteiger partial charge in [-0.05, 0) is 30.3 Å². The molecule has 2 aromatic heterocycles. The number of carbonyl (C=O) groups is 1. The molecule has 0 saturated heterocycles. The lowest BCUT2D eigenvalue weighted by Gasteiger charge is -2.09. The molecule has 0 aliphatic carbocycles. The van der Waals surface area contributed by atoms with Gasteiger partial charge in [0.2, 0.25) is 5.88 Å². The number of fused-ring (bicyclic) bond motifs is 1. The Kier molecular flexibility index (Phi) is 4.03. The molecule has 0 radical (unpaired) electrons. The third-order valence-electron chi connectivity index (χ3n) is 3.17. The predicted molar refractivity (Wildman–Crippen MR) is 81.9 cm³/mol. The Morgan fingerprint density at radius 2 is 2.09 bits per heavy atom. The molecule has 0 spiro atoms. The van der Waals surface area contributed by atoms with E-state index >= 15 is 0 Å². The third-order valence-corrected chi connectivity index (χ3v) is 3.17. The van der Waals surface area contributed by atoms with Gasteiger partial charge < -0.3 is 9.47 Å². The fraction of sp³-hybridized carbons (Fsp3) is 0.0625. The lowest BCUT2D eigenvalue weighted by molar-refractivity contribution is 0.0706. The minimum atomic E-state index is -0.610. The molecule has 0 aliphatic rings. The molecule has 7 nitrogen and oxygen atoms in total. The van der Waals surface area contributed by atoms with Crippen LogP contribution in [0.1, 0.15) is 10.4 Å². The molecular formula is C16H13N3O4. The van der Waals surface area contributed by atoms with Gasteiger partial charge in [-0.2, -0.15) is 4.98 Å². The highest BCUT2D eigenvalue weighted by Gasteiger charge is 2.09. The zero-order valence-electron chi connectivity index (χ0n) is 12.2. The maximum atomic E-state index is 11.5. The van der Waals surface area contributed by atoms with E-state index in [9.17, 15) is 4.79 Å². The van der Waals surface area contributed by atoms with Crippen molar-refractivity contribution in [1.29, 1.82) is 0 Å². The lowest BCUT2D eigenvalue weighted by Crippen LogP contribution is -2.18. The van der Waals surface area contributed by atoms with Gasteiger partial charge in [0.15, 0.2) is 5.65 Å². The van der Waals surface area contributed by atoms with Crippen LogP contribution in [0.15, 0.2) is 48.7 Å². The van der Waals surface area contributed by atoms with E-state index < -0.39 is 5.91 Å². The van der Waals surface area contributed by atoms with E-state index in [0.717, 1.165) is 0 Å². The molecule has 2 N–H and O–H groups in total. The van der Waals surface area contributed by atoms with E-state index in [2.05, 4.69) is 9.97 Å². The number of hydrogen-bond donors (Lipinski definition) is 2. The highest BCUT2D eigenvalue weighted by atomic mass is 16.5. The zero-order chi connectivity index (χ0) is 16.2.